The highest BCUT2D eigenvalue weighted by molar-refractivity contribution is 6.31. The number of aryl methyl sites for hydroxylation is 1. The highest BCUT2D eigenvalue weighted by Crippen LogP contribution is 2.18. The summed E-state index contributed by atoms with van der Waals surface area (Å²) < 4.78 is 5.71. The Labute approximate surface area is 118 Å². The Morgan fingerprint density at radius 3 is 2.42 bits per heavy atom. The Bertz CT molecular complexity index is 590. The Hall–Kier alpha value is -1.80. The predicted molar refractivity (Wildman–Crippen MR) is 79.5 cm³/mol. The lowest BCUT2D eigenvalue weighted by molar-refractivity contribution is 0.306. The monoisotopic (exact) mass is 273 g/mol. The third kappa shape index (κ3) is 3.58. The normalized spacial score (nSPS) is 10.3. The Balaban J connectivity index is 2.01. The lowest BCUT2D eigenvalue weighted by atomic mass is 10.1. The molecule has 0 aliphatic carbocycles. The number of benzene rings is 2. The van der Waals surface area contributed by atoms with Crippen LogP contribution in [-0.4, -0.2) is 5.71 Å². The van der Waals surface area contributed by atoms with Crippen LogP contribution in [0.15, 0.2) is 42.5 Å². The van der Waals surface area contributed by atoms with Gasteiger partial charge < -0.3 is 10.1 Å². The fourth-order valence-electron chi connectivity index (χ4n) is 1.76. The molecule has 0 bridgehead atoms. The first-order valence-electron chi connectivity index (χ1n) is 6.09. The molecule has 0 atom stereocenters. The number of ether oxygens (including phenoxy) is 1. The highest BCUT2D eigenvalue weighted by atomic mass is 35.5. The first-order chi connectivity index (χ1) is 9.06. The fraction of sp³-hybridized carbons (Fsp3) is 0.188. The van der Waals surface area contributed by atoms with Gasteiger partial charge in [0.1, 0.15) is 12.4 Å². The van der Waals surface area contributed by atoms with E-state index in [1.807, 2.05) is 49.4 Å². The third-order valence-corrected chi connectivity index (χ3v) is 3.34. The summed E-state index contributed by atoms with van der Waals surface area (Å²) in [5, 5.41) is 8.31. The Morgan fingerprint density at radius 2 is 1.84 bits per heavy atom. The van der Waals surface area contributed by atoms with Crippen molar-refractivity contribution in [3.05, 3.63) is 64.2 Å². The SMILES string of the molecule is CC(=N)c1ccc(OCc2ccc(Cl)c(C)c2)cc1. The molecule has 2 aromatic rings. The van der Waals surface area contributed by atoms with E-state index in [4.69, 9.17) is 21.7 Å². The average Bonchev–Trinajstić information content (AvgIpc) is 2.40. The first kappa shape index (κ1) is 13.6. The van der Waals surface area contributed by atoms with E-state index in [1.165, 1.54) is 0 Å². The van der Waals surface area contributed by atoms with Crippen molar-refractivity contribution < 1.29 is 4.74 Å². The van der Waals surface area contributed by atoms with Crippen molar-refractivity contribution in [1.82, 2.24) is 0 Å². The maximum atomic E-state index is 7.53. The molecule has 2 aromatic carbocycles. The first-order valence-corrected chi connectivity index (χ1v) is 6.47. The van der Waals surface area contributed by atoms with Gasteiger partial charge in [-0.1, -0.05) is 23.7 Å². The quantitative estimate of drug-likeness (QED) is 0.811. The second-order valence-corrected chi connectivity index (χ2v) is 4.93. The van der Waals surface area contributed by atoms with Gasteiger partial charge in [0.15, 0.2) is 0 Å². The van der Waals surface area contributed by atoms with Crippen LogP contribution in [0.25, 0.3) is 0 Å². The van der Waals surface area contributed by atoms with Crippen LogP contribution in [0.2, 0.25) is 5.02 Å². The molecule has 0 amide bonds. The molecule has 0 unspecified atom stereocenters. The molecule has 98 valence electrons. The van der Waals surface area contributed by atoms with Gasteiger partial charge in [0.2, 0.25) is 0 Å². The van der Waals surface area contributed by atoms with Gasteiger partial charge in [-0.2, -0.15) is 0 Å². The number of hydrogen-bond acceptors (Lipinski definition) is 2. The van der Waals surface area contributed by atoms with Gasteiger partial charge in [-0.25, -0.2) is 0 Å². The molecule has 0 aliphatic heterocycles. The van der Waals surface area contributed by atoms with Crippen molar-refractivity contribution >= 4 is 17.3 Å². The van der Waals surface area contributed by atoms with Gasteiger partial charge in [0.05, 0.1) is 0 Å². The van der Waals surface area contributed by atoms with E-state index < -0.39 is 0 Å². The zero-order valence-electron chi connectivity index (χ0n) is 11.0. The summed E-state index contributed by atoms with van der Waals surface area (Å²) in [6.07, 6.45) is 0. The van der Waals surface area contributed by atoms with E-state index in [2.05, 4.69) is 0 Å². The van der Waals surface area contributed by atoms with E-state index in [-0.39, 0.29) is 0 Å². The Morgan fingerprint density at radius 1 is 1.16 bits per heavy atom. The standard InChI is InChI=1S/C16H16ClNO/c1-11-9-13(3-8-16(11)17)10-19-15-6-4-14(5-7-15)12(2)18/h3-9,18H,10H2,1-2H3. The second-order valence-electron chi connectivity index (χ2n) is 4.52. The summed E-state index contributed by atoms with van der Waals surface area (Å²) in [6, 6.07) is 13.4. The molecule has 2 rings (SSSR count). The lowest BCUT2D eigenvalue weighted by Gasteiger charge is -2.08. The van der Waals surface area contributed by atoms with E-state index in [0.717, 1.165) is 27.5 Å². The molecule has 3 heteroatoms. The van der Waals surface area contributed by atoms with Crippen LogP contribution in [0.3, 0.4) is 0 Å². The van der Waals surface area contributed by atoms with Crippen LogP contribution in [0.5, 0.6) is 5.75 Å². The Kier molecular flexibility index (Phi) is 4.23. The van der Waals surface area contributed by atoms with Crippen LogP contribution >= 0.6 is 11.6 Å². The van der Waals surface area contributed by atoms with Crippen molar-refractivity contribution in [1.29, 1.82) is 5.41 Å². The van der Waals surface area contributed by atoms with Crippen LogP contribution in [0, 0.1) is 12.3 Å². The topological polar surface area (TPSA) is 33.1 Å². The van der Waals surface area contributed by atoms with Gasteiger partial charge >= 0.3 is 0 Å². The summed E-state index contributed by atoms with van der Waals surface area (Å²) in [5.74, 6) is 0.803. The summed E-state index contributed by atoms with van der Waals surface area (Å²) in [7, 11) is 0. The zero-order chi connectivity index (χ0) is 13.8. The molecular weight excluding hydrogens is 258 g/mol. The van der Waals surface area contributed by atoms with Crippen molar-refractivity contribution in [3.8, 4) is 5.75 Å². The molecule has 0 saturated carbocycles. The van der Waals surface area contributed by atoms with Gasteiger partial charge in [-0.3, -0.25) is 0 Å². The van der Waals surface area contributed by atoms with E-state index >= 15 is 0 Å². The van der Waals surface area contributed by atoms with Crippen LogP contribution in [0.1, 0.15) is 23.6 Å². The van der Waals surface area contributed by atoms with Crippen molar-refractivity contribution in [2.45, 2.75) is 20.5 Å². The molecule has 1 N–H and O–H groups in total. The zero-order valence-corrected chi connectivity index (χ0v) is 11.8. The van der Waals surface area contributed by atoms with E-state index in [9.17, 15) is 0 Å². The number of nitrogens with one attached hydrogen (secondary N) is 1. The van der Waals surface area contributed by atoms with Gasteiger partial charge in [-0.15, -0.1) is 0 Å². The molecular formula is C16H16ClNO. The molecule has 0 aromatic heterocycles. The third-order valence-electron chi connectivity index (χ3n) is 2.92. The minimum atomic E-state index is 0.515. The smallest absolute Gasteiger partial charge is 0.119 e. The molecule has 0 aliphatic rings. The van der Waals surface area contributed by atoms with Crippen molar-refractivity contribution in [2.24, 2.45) is 0 Å². The summed E-state index contributed by atoms with van der Waals surface area (Å²) in [4.78, 5) is 0. The summed E-state index contributed by atoms with van der Waals surface area (Å²) in [5.41, 5.74) is 3.61. The highest BCUT2D eigenvalue weighted by Gasteiger charge is 2.00. The molecule has 2 nitrogen and oxygen atoms in total. The van der Waals surface area contributed by atoms with Crippen molar-refractivity contribution in [3.63, 3.8) is 0 Å². The summed E-state index contributed by atoms with van der Waals surface area (Å²) >= 11 is 5.98. The van der Waals surface area contributed by atoms with E-state index in [1.54, 1.807) is 6.92 Å². The predicted octanol–water partition coefficient (Wildman–Crippen LogP) is 4.62. The summed E-state index contributed by atoms with van der Waals surface area (Å²) in [6.45, 7) is 4.26. The number of hydrogen-bond donors (Lipinski definition) is 1. The second kappa shape index (κ2) is 5.89. The minimum absolute atomic E-state index is 0.515. The maximum Gasteiger partial charge on any atom is 0.119 e. The molecule has 19 heavy (non-hydrogen) atoms. The van der Waals surface area contributed by atoms with Crippen molar-refractivity contribution in [2.75, 3.05) is 0 Å². The number of halogens is 1. The van der Waals surface area contributed by atoms with Gasteiger partial charge in [0.25, 0.3) is 0 Å². The lowest BCUT2D eigenvalue weighted by Crippen LogP contribution is -1.97. The maximum absolute atomic E-state index is 7.53. The number of rotatable bonds is 4. The fourth-order valence-corrected chi connectivity index (χ4v) is 1.88. The van der Waals surface area contributed by atoms with Gasteiger partial charge in [0, 0.05) is 10.7 Å². The van der Waals surface area contributed by atoms with Gasteiger partial charge in [-0.05, 0) is 60.9 Å². The average molecular weight is 274 g/mol. The van der Waals surface area contributed by atoms with Crippen LogP contribution < -0.4 is 4.74 Å². The molecule has 0 fully saturated rings. The van der Waals surface area contributed by atoms with Crippen LogP contribution in [0.4, 0.5) is 0 Å². The molecule has 0 saturated heterocycles. The minimum Gasteiger partial charge on any atom is -0.489 e. The molecule has 0 spiro atoms. The van der Waals surface area contributed by atoms with E-state index in [0.29, 0.717) is 12.3 Å². The largest absolute Gasteiger partial charge is 0.489 e. The van der Waals surface area contributed by atoms with Crippen LogP contribution in [-0.2, 0) is 6.61 Å². The molecule has 0 heterocycles. The molecule has 0 radical (unpaired) electrons.